The molecule has 4 heteroatoms. The molecular formula is C16H29NO3. The Bertz CT molecular complexity index is 339. The zero-order valence-corrected chi connectivity index (χ0v) is 13.4. The minimum Gasteiger partial charge on any atom is -0.465 e. The van der Waals surface area contributed by atoms with E-state index in [1.807, 2.05) is 6.92 Å². The molecular weight excluding hydrogens is 254 g/mol. The van der Waals surface area contributed by atoms with Crippen molar-refractivity contribution in [3.63, 3.8) is 0 Å². The van der Waals surface area contributed by atoms with Crippen LogP contribution in [0.1, 0.15) is 59.8 Å². The molecule has 0 aliphatic heterocycles. The van der Waals surface area contributed by atoms with Gasteiger partial charge < -0.3 is 9.64 Å². The third kappa shape index (κ3) is 4.50. The van der Waals surface area contributed by atoms with Gasteiger partial charge >= 0.3 is 5.97 Å². The summed E-state index contributed by atoms with van der Waals surface area (Å²) in [5.41, 5.74) is 0.0377. The molecule has 0 N–H and O–H groups in total. The number of carbonyl (C=O) groups excluding carboxylic acids is 2. The van der Waals surface area contributed by atoms with Gasteiger partial charge in [-0.15, -0.1) is 0 Å². The van der Waals surface area contributed by atoms with Crippen LogP contribution < -0.4 is 0 Å². The van der Waals surface area contributed by atoms with Crippen molar-refractivity contribution in [3.8, 4) is 0 Å². The molecule has 1 unspecified atom stereocenters. The van der Waals surface area contributed by atoms with Crippen LogP contribution >= 0.6 is 0 Å². The van der Waals surface area contributed by atoms with E-state index >= 15 is 0 Å². The second kappa shape index (κ2) is 7.65. The van der Waals surface area contributed by atoms with Gasteiger partial charge in [0.15, 0.2) is 0 Å². The summed E-state index contributed by atoms with van der Waals surface area (Å²) in [6, 6.07) is 0. The maximum atomic E-state index is 12.8. The Labute approximate surface area is 122 Å². The van der Waals surface area contributed by atoms with Crippen molar-refractivity contribution in [1.29, 1.82) is 0 Å². The molecule has 0 radical (unpaired) electrons. The molecule has 1 aliphatic carbocycles. The van der Waals surface area contributed by atoms with Gasteiger partial charge in [-0.05, 0) is 31.6 Å². The Balaban J connectivity index is 2.74. The molecule has 1 atom stereocenters. The van der Waals surface area contributed by atoms with Crippen molar-refractivity contribution < 1.29 is 14.3 Å². The summed E-state index contributed by atoms with van der Waals surface area (Å²) in [4.78, 5) is 26.1. The van der Waals surface area contributed by atoms with E-state index in [-0.39, 0.29) is 29.8 Å². The van der Waals surface area contributed by atoms with Crippen LogP contribution in [0, 0.1) is 11.3 Å². The van der Waals surface area contributed by atoms with Crippen LogP contribution in [-0.2, 0) is 14.3 Å². The molecule has 0 spiro atoms. The predicted molar refractivity (Wildman–Crippen MR) is 79.2 cm³/mol. The van der Waals surface area contributed by atoms with Gasteiger partial charge in [0.2, 0.25) is 5.91 Å². The van der Waals surface area contributed by atoms with Crippen LogP contribution in [0.2, 0.25) is 0 Å². The van der Waals surface area contributed by atoms with Crippen LogP contribution in [-0.4, -0.2) is 36.5 Å². The minimum atomic E-state index is -0.303. The Morgan fingerprint density at radius 3 is 2.50 bits per heavy atom. The summed E-state index contributed by atoms with van der Waals surface area (Å²) in [6.07, 6.45) is 5.19. The zero-order valence-electron chi connectivity index (χ0n) is 13.4. The van der Waals surface area contributed by atoms with Crippen molar-refractivity contribution in [2.75, 3.05) is 19.7 Å². The van der Waals surface area contributed by atoms with Crippen molar-refractivity contribution in [2.24, 2.45) is 11.3 Å². The maximum absolute atomic E-state index is 12.8. The zero-order chi connectivity index (χ0) is 15.2. The van der Waals surface area contributed by atoms with E-state index < -0.39 is 0 Å². The maximum Gasteiger partial charge on any atom is 0.325 e. The molecule has 4 nitrogen and oxygen atoms in total. The Morgan fingerprint density at radius 2 is 1.95 bits per heavy atom. The lowest BCUT2D eigenvalue weighted by molar-refractivity contribution is -0.152. The smallest absolute Gasteiger partial charge is 0.325 e. The third-order valence-electron chi connectivity index (χ3n) is 4.24. The lowest BCUT2D eigenvalue weighted by Crippen LogP contribution is -2.46. The van der Waals surface area contributed by atoms with E-state index in [2.05, 4.69) is 13.8 Å². The van der Waals surface area contributed by atoms with E-state index in [1.54, 1.807) is 11.8 Å². The van der Waals surface area contributed by atoms with Crippen LogP contribution in [0.4, 0.5) is 0 Å². The van der Waals surface area contributed by atoms with Crippen molar-refractivity contribution >= 4 is 11.9 Å². The number of hydrogen-bond donors (Lipinski definition) is 0. The van der Waals surface area contributed by atoms with E-state index in [9.17, 15) is 9.59 Å². The van der Waals surface area contributed by atoms with Gasteiger partial charge in [0, 0.05) is 12.5 Å². The Hall–Kier alpha value is -1.06. The van der Waals surface area contributed by atoms with Crippen molar-refractivity contribution in [2.45, 2.75) is 59.8 Å². The average Bonchev–Trinajstić information content (AvgIpc) is 2.37. The SMILES string of the molecule is CCCN(CC(=O)OCC)C(=O)C1CCCCC1(C)C. The standard InChI is InChI=1S/C16H29NO3/c1-5-11-17(12-14(18)20-6-2)15(19)13-9-7-8-10-16(13,3)4/h13H,5-12H2,1-4H3. The van der Waals surface area contributed by atoms with E-state index in [4.69, 9.17) is 4.74 Å². The fourth-order valence-electron chi connectivity index (χ4n) is 3.07. The molecule has 116 valence electrons. The number of hydrogen-bond acceptors (Lipinski definition) is 3. The topological polar surface area (TPSA) is 46.6 Å². The molecule has 1 amide bonds. The van der Waals surface area contributed by atoms with E-state index in [0.717, 1.165) is 25.7 Å². The first kappa shape index (κ1) is 17.0. The second-order valence-electron chi connectivity index (χ2n) is 6.35. The number of nitrogens with zero attached hydrogens (tertiary/aromatic N) is 1. The molecule has 1 fully saturated rings. The molecule has 0 bridgehead atoms. The van der Waals surface area contributed by atoms with E-state index in [0.29, 0.717) is 13.2 Å². The minimum absolute atomic E-state index is 0.0377. The van der Waals surface area contributed by atoms with Gasteiger partial charge in [-0.1, -0.05) is 33.6 Å². The quantitative estimate of drug-likeness (QED) is 0.704. The predicted octanol–water partition coefficient (Wildman–Crippen LogP) is 3.00. The van der Waals surface area contributed by atoms with Crippen molar-refractivity contribution in [3.05, 3.63) is 0 Å². The highest BCUT2D eigenvalue weighted by molar-refractivity contribution is 5.84. The highest BCUT2D eigenvalue weighted by Crippen LogP contribution is 2.41. The molecule has 0 saturated heterocycles. The highest BCUT2D eigenvalue weighted by Gasteiger charge is 2.39. The van der Waals surface area contributed by atoms with Crippen LogP contribution in [0.3, 0.4) is 0 Å². The van der Waals surface area contributed by atoms with Crippen molar-refractivity contribution in [1.82, 2.24) is 4.90 Å². The molecule has 20 heavy (non-hydrogen) atoms. The second-order valence-corrected chi connectivity index (χ2v) is 6.35. The molecule has 1 aliphatic rings. The molecule has 1 saturated carbocycles. The molecule has 0 aromatic heterocycles. The van der Waals surface area contributed by atoms with Gasteiger partial charge in [0.05, 0.1) is 6.61 Å². The number of amides is 1. The fraction of sp³-hybridized carbons (Fsp3) is 0.875. The monoisotopic (exact) mass is 283 g/mol. The summed E-state index contributed by atoms with van der Waals surface area (Å²) in [5, 5.41) is 0. The lowest BCUT2D eigenvalue weighted by Gasteiger charge is -2.40. The summed E-state index contributed by atoms with van der Waals surface area (Å²) < 4.78 is 4.98. The van der Waals surface area contributed by atoms with Gasteiger partial charge in [-0.2, -0.15) is 0 Å². The van der Waals surface area contributed by atoms with Crippen LogP contribution in [0.15, 0.2) is 0 Å². The lowest BCUT2D eigenvalue weighted by atomic mass is 9.68. The summed E-state index contributed by atoms with van der Waals surface area (Å²) in [6.45, 7) is 9.23. The first-order valence-electron chi connectivity index (χ1n) is 7.86. The third-order valence-corrected chi connectivity index (χ3v) is 4.24. The first-order valence-corrected chi connectivity index (χ1v) is 7.86. The Kier molecular flexibility index (Phi) is 6.50. The van der Waals surface area contributed by atoms with Gasteiger partial charge in [-0.3, -0.25) is 9.59 Å². The summed E-state index contributed by atoms with van der Waals surface area (Å²) in [5.74, 6) is -0.134. The number of carbonyl (C=O) groups is 2. The number of ether oxygens (including phenoxy) is 1. The molecule has 1 rings (SSSR count). The first-order chi connectivity index (χ1) is 9.42. The van der Waals surface area contributed by atoms with Crippen LogP contribution in [0.25, 0.3) is 0 Å². The highest BCUT2D eigenvalue weighted by atomic mass is 16.5. The molecule has 0 heterocycles. The van der Waals surface area contributed by atoms with Crippen LogP contribution in [0.5, 0.6) is 0 Å². The van der Waals surface area contributed by atoms with Gasteiger partial charge in [0.1, 0.15) is 6.54 Å². The van der Waals surface area contributed by atoms with Gasteiger partial charge in [-0.25, -0.2) is 0 Å². The molecule has 0 aromatic rings. The number of rotatable bonds is 6. The normalized spacial score (nSPS) is 21.3. The average molecular weight is 283 g/mol. The Morgan fingerprint density at radius 1 is 1.25 bits per heavy atom. The molecule has 0 aromatic carbocycles. The van der Waals surface area contributed by atoms with Gasteiger partial charge in [0.25, 0.3) is 0 Å². The fourth-order valence-corrected chi connectivity index (χ4v) is 3.07. The largest absolute Gasteiger partial charge is 0.465 e. The summed E-state index contributed by atoms with van der Waals surface area (Å²) in [7, 11) is 0. The number of esters is 1. The van der Waals surface area contributed by atoms with E-state index in [1.165, 1.54) is 6.42 Å². The summed E-state index contributed by atoms with van der Waals surface area (Å²) >= 11 is 0.